The smallest absolute Gasteiger partial charge is 0.342 e. The van der Waals surface area contributed by atoms with Crippen molar-refractivity contribution in [1.29, 1.82) is 0 Å². The minimum absolute atomic E-state index is 0.0933. The van der Waals surface area contributed by atoms with E-state index in [9.17, 15) is 14.4 Å². The van der Waals surface area contributed by atoms with Gasteiger partial charge in [-0.15, -0.1) is 0 Å². The number of nitrogens with one attached hydrogen (secondary N) is 1. The van der Waals surface area contributed by atoms with E-state index in [1.807, 2.05) is 38.1 Å². The number of benzene rings is 1. The first kappa shape index (κ1) is 25.1. The lowest BCUT2D eigenvalue weighted by Crippen LogP contribution is -2.26. The number of pyridine rings is 1. The molecule has 0 radical (unpaired) electrons. The fraction of sp³-hybridized carbons (Fsp3) is 0.333. The Labute approximate surface area is 201 Å². The van der Waals surface area contributed by atoms with Crippen molar-refractivity contribution in [3.05, 3.63) is 46.7 Å². The molecule has 0 saturated heterocycles. The van der Waals surface area contributed by atoms with Crippen molar-refractivity contribution in [2.24, 2.45) is 5.73 Å². The molecule has 10 heteroatoms. The fourth-order valence-corrected chi connectivity index (χ4v) is 4.58. The quantitative estimate of drug-likeness (QED) is 0.340. The zero-order valence-electron chi connectivity index (χ0n) is 19.7. The molecule has 0 aliphatic carbocycles. The van der Waals surface area contributed by atoms with E-state index in [0.717, 1.165) is 10.9 Å². The number of esters is 1. The molecule has 0 saturated carbocycles. The number of furan rings is 1. The molecule has 0 aliphatic heterocycles. The lowest BCUT2D eigenvalue weighted by molar-refractivity contribution is -0.115. The van der Waals surface area contributed by atoms with Gasteiger partial charge >= 0.3 is 5.97 Å². The van der Waals surface area contributed by atoms with Crippen LogP contribution < -0.4 is 15.8 Å². The second kappa shape index (κ2) is 10.6. The van der Waals surface area contributed by atoms with Crippen molar-refractivity contribution in [3.8, 4) is 5.75 Å². The minimum Gasteiger partial charge on any atom is -0.494 e. The number of hydrogen-bond acceptors (Lipinski definition) is 8. The highest BCUT2D eigenvalue weighted by atomic mass is 32.2. The number of thioether (sulfide) groups is 1. The van der Waals surface area contributed by atoms with Crippen LogP contribution in [0.2, 0.25) is 0 Å². The molecule has 2 heterocycles. The molecular formula is C24H27N3O6S. The number of aromatic nitrogens is 1. The molecule has 1 atom stereocenters. The van der Waals surface area contributed by atoms with E-state index in [4.69, 9.17) is 24.6 Å². The van der Waals surface area contributed by atoms with Crippen LogP contribution in [-0.4, -0.2) is 41.7 Å². The molecule has 3 aromatic rings. The average molecular weight is 486 g/mol. The van der Waals surface area contributed by atoms with Crippen molar-refractivity contribution in [3.63, 3.8) is 0 Å². The Balaban J connectivity index is 1.90. The van der Waals surface area contributed by atoms with E-state index < -0.39 is 23.0 Å². The summed E-state index contributed by atoms with van der Waals surface area (Å²) in [4.78, 5) is 42.2. The SMILES string of the molecule is CCOC(=O)c1c(C)oc(NC(=O)C(CC)Sc2cc(C)c3cccc(OC)c3n2)c1C(N)=O. The van der Waals surface area contributed by atoms with Crippen LogP contribution in [0.15, 0.2) is 33.7 Å². The minimum atomic E-state index is -0.908. The first-order valence-corrected chi connectivity index (χ1v) is 11.6. The molecule has 2 aromatic heterocycles. The summed E-state index contributed by atoms with van der Waals surface area (Å²) in [6.07, 6.45) is 0.470. The second-order valence-electron chi connectivity index (χ2n) is 7.46. The van der Waals surface area contributed by atoms with Gasteiger partial charge in [-0.25, -0.2) is 9.78 Å². The molecule has 2 amide bonds. The maximum Gasteiger partial charge on any atom is 0.342 e. The summed E-state index contributed by atoms with van der Waals surface area (Å²) in [5, 5.41) is 3.66. The normalized spacial score (nSPS) is 11.8. The molecule has 3 N–H and O–H groups in total. The molecule has 1 aromatic carbocycles. The molecule has 0 fully saturated rings. The number of nitrogens with zero attached hydrogens (tertiary/aromatic N) is 1. The summed E-state index contributed by atoms with van der Waals surface area (Å²) in [7, 11) is 1.58. The van der Waals surface area contributed by atoms with Gasteiger partial charge in [0.1, 0.15) is 28.2 Å². The van der Waals surface area contributed by atoms with Crippen molar-refractivity contribution < 1.29 is 28.3 Å². The number of hydrogen-bond donors (Lipinski definition) is 2. The number of nitrogens with two attached hydrogens (primary N) is 1. The summed E-state index contributed by atoms with van der Waals surface area (Å²) in [5.41, 5.74) is 6.88. The van der Waals surface area contributed by atoms with Gasteiger partial charge in [-0.2, -0.15) is 0 Å². The maximum atomic E-state index is 13.1. The van der Waals surface area contributed by atoms with E-state index in [-0.39, 0.29) is 29.4 Å². The van der Waals surface area contributed by atoms with Gasteiger partial charge in [-0.05, 0) is 44.9 Å². The number of aryl methyl sites for hydroxylation is 2. The van der Waals surface area contributed by atoms with Crippen LogP contribution in [0.1, 0.15) is 52.3 Å². The number of para-hydroxylation sites is 1. The fourth-order valence-electron chi connectivity index (χ4n) is 3.56. The highest BCUT2D eigenvalue weighted by molar-refractivity contribution is 8.00. The third-order valence-corrected chi connectivity index (χ3v) is 6.46. The van der Waals surface area contributed by atoms with Gasteiger partial charge in [0, 0.05) is 5.39 Å². The first-order chi connectivity index (χ1) is 16.2. The average Bonchev–Trinajstić information content (AvgIpc) is 3.13. The number of fused-ring (bicyclic) bond motifs is 1. The zero-order chi connectivity index (χ0) is 25.0. The van der Waals surface area contributed by atoms with Crippen LogP contribution in [0.5, 0.6) is 5.75 Å². The van der Waals surface area contributed by atoms with Gasteiger partial charge in [0.2, 0.25) is 11.8 Å². The van der Waals surface area contributed by atoms with Crippen molar-refractivity contribution in [2.75, 3.05) is 19.0 Å². The molecule has 9 nitrogen and oxygen atoms in total. The molecule has 34 heavy (non-hydrogen) atoms. The zero-order valence-corrected chi connectivity index (χ0v) is 20.5. The summed E-state index contributed by atoms with van der Waals surface area (Å²) >= 11 is 1.28. The summed E-state index contributed by atoms with van der Waals surface area (Å²) < 4.78 is 15.9. The Morgan fingerprint density at radius 3 is 2.56 bits per heavy atom. The number of amides is 2. The van der Waals surface area contributed by atoms with E-state index in [1.54, 1.807) is 14.0 Å². The molecule has 0 spiro atoms. The molecule has 3 rings (SSSR count). The highest BCUT2D eigenvalue weighted by Crippen LogP contribution is 2.33. The van der Waals surface area contributed by atoms with E-state index >= 15 is 0 Å². The number of anilines is 1. The number of methoxy groups -OCH3 is 1. The van der Waals surface area contributed by atoms with Crippen molar-refractivity contribution in [2.45, 2.75) is 44.4 Å². The number of carbonyl (C=O) groups excluding carboxylic acids is 3. The summed E-state index contributed by atoms with van der Waals surface area (Å²) in [6.45, 7) is 7.08. The van der Waals surface area contributed by atoms with E-state index in [2.05, 4.69) is 5.32 Å². The molecular weight excluding hydrogens is 458 g/mol. The van der Waals surface area contributed by atoms with Crippen LogP contribution in [0.3, 0.4) is 0 Å². The van der Waals surface area contributed by atoms with Crippen molar-refractivity contribution >= 4 is 46.3 Å². The Kier molecular flexibility index (Phi) is 7.83. The molecule has 0 bridgehead atoms. The standard InChI is InChI=1S/C24H27N3O6S/c1-6-16(34-17-11-12(3)14-9-8-10-15(31-5)20(14)26-17)22(29)27-23-19(21(25)28)18(13(4)33-23)24(30)32-7-2/h8-11,16H,6-7H2,1-5H3,(H2,25,28)(H,27,29). The van der Waals surface area contributed by atoms with E-state index in [0.29, 0.717) is 22.7 Å². The number of ether oxygens (including phenoxy) is 2. The lowest BCUT2D eigenvalue weighted by atomic mass is 10.1. The lowest BCUT2D eigenvalue weighted by Gasteiger charge is -2.15. The third-order valence-electron chi connectivity index (χ3n) is 5.18. The van der Waals surface area contributed by atoms with Crippen LogP contribution in [0, 0.1) is 13.8 Å². The molecule has 0 aliphatic rings. The van der Waals surface area contributed by atoms with Gasteiger partial charge in [0.05, 0.1) is 24.0 Å². The molecule has 180 valence electrons. The first-order valence-electron chi connectivity index (χ1n) is 10.7. The van der Waals surface area contributed by atoms with E-state index in [1.165, 1.54) is 18.7 Å². The van der Waals surface area contributed by atoms with Crippen LogP contribution in [-0.2, 0) is 9.53 Å². The number of rotatable bonds is 9. The largest absolute Gasteiger partial charge is 0.494 e. The Morgan fingerprint density at radius 1 is 1.21 bits per heavy atom. The highest BCUT2D eigenvalue weighted by Gasteiger charge is 2.30. The number of primary amides is 1. The van der Waals surface area contributed by atoms with Crippen molar-refractivity contribution in [1.82, 2.24) is 4.98 Å². The van der Waals surface area contributed by atoms with Gasteiger partial charge in [0.25, 0.3) is 5.91 Å². The summed E-state index contributed by atoms with van der Waals surface area (Å²) in [6, 6.07) is 7.60. The Hall–Kier alpha value is -3.53. The molecule has 1 unspecified atom stereocenters. The Bertz CT molecular complexity index is 1250. The van der Waals surface area contributed by atoms with Crippen LogP contribution >= 0.6 is 11.8 Å². The number of carbonyl (C=O) groups is 3. The third kappa shape index (κ3) is 5.01. The van der Waals surface area contributed by atoms with Gasteiger partial charge in [0.15, 0.2) is 0 Å². The monoisotopic (exact) mass is 485 g/mol. The van der Waals surface area contributed by atoms with Gasteiger partial charge in [-0.1, -0.05) is 30.8 Å². The Morgan fingerprint density at radius 2 is 1.94 bits per heavy atom. The van der Waals surface area contributed by atoms with Crippen LogP contribution in [0.25, 0.3) is 10.9 Å². The predicted octanol–water partition coefficient (Wildman–Crippen LogP) is 4.24. The summed E-state index contributed by atoms with van der Waals surface area (Å²) in [5.74, 6) is -1.48. The predicted molar refractivity (Wildman–Crippen MR) is 130 cm³/mol. The van der Waals surface area contributed by atoms with Gasteiger partial charge < -0.3 is 19.6 Å². The topological polar surface area (TPSA) is 134 Å². The second-order valence-corrected chi connectivity index (χ2v) is 8.68. The maximum absolute atomic E-state index is 13.1. The van der Waals surface area contributed by atoms with Crippen LogP contribution in [0.4, 0.5) is 5.88 Å². The van der Waals surface area contributed by atoms with Gasteiger partial charge in [-0.3, -0.25) is 14.9 Å².